The molecule has 0 aliphatic heterocycles. The van der Waals surface area contributed by atoms with Crippen LogP contribution in [0, 0.1) is 11.3 Å². The van der Waals surface area contributed by atoms with Gasteiger partial charge in [0, 0.05) is 28.4 Å². The standard InChI is InChI=1S/C41H44ClF3N2O5S/c1-40(2,3)32-16-12-28(13-17-32)27-8-10-30(11-9-27)36(24-26-4-6-31(7-5-26)38(48)46-22-23-53(50,51)52)39(49)47-34-19-14-29(15-20-34)35-21-18-33(25-37(35)42)41(43,44)45/h4-11,14-15,18-21,25,28,32,36H,12-13,16-17,22-24H2,1-3H3,(H,46,48)(H,47,49)(H,50,51,52). The number of benzene rings is 4. The minimum absolute atomic E-state index is 0.0380. The zero-order valence-corrected chi connectivity index (χ0v) is 31.4. The summed E-state index contributed by atoms with van der Waals surface area (Å²) in [7, 11) is -4.21. The topological polar surface area (TPSA) is 113 Å². The maximum Gasteiger partial charge on any atom is 0.416 e. The van der Waals surface area contributed by atoms with Crippen LogP contribution >= 0.6 is 11.6 Å². The molecule has 1 unspecified atom stereocenters. The average Bonchev–Trinajstić information content (AvgIpc) is 3.10. The van der Waals surface area contributed by atoms with E-state index in [9.17, 15) is 31.2 Å². The highest BCUT2D eigenvalue weighted by Gasteiger charge is 2.32. The molecule has 12 heteroatoms. The average molecular weight is 769 g/mol. The molecule has 1 saturated carbocycles. The largest absolute Gasteiger partial charge is 0.416 e. The molecule has 4 aromatic rings. The van der Waals surface area contributed by atoms with E-state index in [-0.39, 0.29) is 22.9 Å². The highest BCUT2D eigenvalue weighted by molar-refractivity contribution is 7.85. The molecule has 0 radical (unpaired) electrons. The van der Waals surface area contributed by atoms with E-state index >= 15 is 0 Å². The maximum atomic E-state index is 14.0. The lowest BCUT2D eigenvalue weighted by atomic mass is 9.68. The fourth-order valence-corrected chi connectivity index (χ4v) is 7.62. The number of halogens is 4. The van der Waals surface area contributed by atoms with E-state index in [1.165, 1.54) is 24.5 Å². The smallest absolute Gasteiger partial charge is 0.351 e. The Hall–Kier alpha value is -4.19. The van der Waals surface area contributed by atoms with Crippen molar-refractivity contribution in [2.24, 2.45) is 11.3 Å². The predicted molar refractivity (Wildman–Crippen MR) is 203 cm³/mol. The van der Waals surface area contributed by atoms with Gasteiger partial charge >= 0.3 is 6.18 Å². The Morgan fingerprint density at radius 3 is 2.04 bits per heavy atom. The van der Waals surface area contributed by atoms with Gasteiger partial charge in [-0.15, -0.1) is 0 Å². The summed E-state index contributed by atoms with van der Waals surface area (Å²) in [5, 5.41) is 5.41. The van der Waals surface area contributed by atoms with Crippen LogP contribution in [0.4, 0.5) is 18.9 Å². The second-order valence-corrected chi connectivity index (χ2v) is 16.8. The molecular formula is C41H44ClF3N2O5S. The number of alkyl halides is 3. The molecule has 4 aromatic carbocycles. The molecule has 0 aromatic heterocycles. The highest BCUT2D eigenvalue weighted by atomic mass is 35.5. The van der Waals surface area contributed by atoms with Crippen LogP contribution in [0.3, 0.4) is 0 Å². The molecule has 1 aliphatic rings. The van der Waals surface area contributed by atoms with E-state index in [1.807, 2.05) is 12.1 Å². The summed E-state index contributed by atoms with van der Waals surface area (Å²) in [6, 6.07) is 24.8. The molecule has 0 saturated heterocycles. The summed E-state index contributed by atoms with van der Waals surface area (Å²) in [6.45, 7) is 6.67. The van der Waals surface area contributed by atoms with Crippen LogP contribution < -0.4 is 10.6 Å². The Balaban J connectivity index is 1.33. The second kappa shape index (κ2) is 16.4. The minimum atomic E-state index is -4.51. The molecule has 1 fully saturated rings. The van der Waals surface area contributed by atoms with Crippen molar-refractivity contribution in [2.45, 2.75) is 70.9 Å². The first kappa shape index (κ1) is 40.0. The molecule has 0 bridgehead atoms. The van der Waals surface area contributed by atoms with Crippen LogP contribution in [0.1, 0.15) is 90.9 Å². The normalized spacial score (nSPS) is 17.2. The number of nitrogens with one attached hydrogen (secondary N) is 2. The lowest BCUT2D eigenvalue weighted by Gasteiger charge is -2.37. The molecule has 2 amide bonds. The van der Waals surface area contributed by atoms with Crippen molar-refractivity contribution >= 4 is 39.2 Å². The third-order valence-corrected chi connectivity index (χ3v) is 11.2. The van der Waals surface area contributed by atoms with Gasteiger partial charge in [0.2, 0.25) is 5.91 Å². The third-order valence-electron chi connectivity index (χ3n) is 10.1. The van der Waals surface area contributed by atoms with Gasteiger partial charge < -0.3 is 10.6 Å². The van der Waals surface area contributed by atoms with E-state index in [1.54, 1.807) is 48.5 Å². The summed E-state index contributed by atoms with van der Waals surface area (Å²) in [6.07, 6.45) is 0.400. The zero-order valence-electron chi connectivity index (χ0n) is 29.8. The molecule has 0 spiro atoms. The van der Waals surface area contributed by atoms with Crippen molar-refractivity contribution in [2.75, 3.05) is 17.6 Å². The van der Waals surface area contributed by atoms with Crippen LogP contribution in [-0.2, 0) is 27.5 Å². The Bertz CT molecular complexity index is 2000. The first-order chi connectivity index (χ1) is 24.9. The van der Waals surface area contributed by atoms with E-state index in [4.69, 9.17) is 16.2 Å². The van der Waals surface area contributed by atoms with Gasteiger partial charge in [-0.05, 0) is 108 Å². The van der Waals surface area contributed by atoms with Gasteiger partial charge in [0.05, 0.1) is 17.2 Å². The number of rotatable bonds is 11. The zero-order chi connectivity index (χ0) is 38.6. The van der Waals surface area contributed by atoms with E-state index < -0.39 is 39.4 Å². The summed E-state index contributed by atoms with van der Waals surface area (Å²) in [5.74, 6) is -0.822. The minimum Gasteiger partial charge on any atom is -0.351 e. The highest BCUT2D eigenvalue weighted by Crippen LogP contribution is 2.43. The van der Waals surface area contributed by atoms with Crippen molar-refractivity contribution in [1.82, 2.24) is 5.32 Å². The van der Waals surface area contributed by atoms with Crippen molar-refractivity contribution in [3.63, 3.8) is 0 Å². The first-order valence-corrected chi connectivity index (χ1v) is 19.6. The number of hydrogen-bond acceptors (Lipinski definition) is 4. The van der Waals surface area contributed by atoms with Gasteiger partial charge in [0.1, 0.15) is 0 Å². The summed E-state index contributed by atoms with van der Waals surface area (Å²) >= 11 is 6.21. The Morgan fingerprint density at radius 2 is 1.49 bits per heavy atom. The monoisotopic (exact) mass is 768 g/mol. The molecule has 1 aliphatic carbocycles. The van der Waals surface area contributed by atoms with Crippen molar-refractivity contribution in [1.29, 1.82) is 0 Å². The molecule has 5 rings (SSSR count). The molecule has 0 heterocycles. The Kier molecular flexibility index (Phi) is 12.4. The van der Waals surface area contributed by atoms with Gasteiger partial charge in [-0.1, -0.05) is 87.0 Å². The van der Waals surface area contributed by atoms with Gasteiger partial charge in [-0.3, -0.25) is 14.1 Å². The van der Waals surface area contributed by atoms with Crippen LogP contribution in [0.25, 0.3) is 11.1 Å². The number of hydrogen-bond donors (Lipinski definition) is 3. The fourth-order valence-electron chi connectivity index (χ4n) is 6.97. The molecule has 3 N–H and O–H groups in total. The number of carbonyl (C=O) groups is 2. The van der Waals surface area contributed by atoms with E-state index in [0.717, 1.165) is 36.1 Å². The van der Waals surface area contributed by atoms with Gasteiger partial charge in [-0.25, -0.2) is 0 Å². The lowest BCUT2D eigenvalue weighted by Crippen LogP contribution is -2.28. The van der Waals surface area contributed by atoms with Crippen LogP contribution in [0.15, 0.2) is 91.0 Å². The SMILES string of the molecule is CC(C)(C)C1CCC(c2ccc(C(Cc3ccc(C(=O)NCCS(=O)(=O)O)cc3)C(=O)Nc3ccc(-c4ccc(C(F)(F)F)cc4Cl)cc3)cc2)CC1. The van der Waals surface area contributed by atoms with E-state index in [2.05, 4.69) is 43.5 Å². The van der Waals surface area contributed by atoms with Crippen LogP contribution in [-0.4, -0.2) is 37.1 Å². The molecule has 53 heavy (non-hydrogen) atoms. The van der Waals surface area contributed by atoms with Crippen LogP contribution in [0.5, 0.6) is 0 Å². The fraction of sp³-hybridized carbons (Fsp3) is 0.366. The van der Waals surface area contributed by atoms with Crippen molar-refractivity contribution in [3.05, 3.63) is 124 Å². The van der Waals surface area contributed by atoms with Crippen molar-refractivity contribution in [3.8, 4) is 11.1 Å². The number of carbonyl (C=O) groups excluding carboxylic acids is 2. The molecular weight excluding hydrogens is 725 g/mol. The van der Waals surface area contributed by atoms with E-state index in [0.29, 0.717) is 40.6 Å². The number of amides is 2. The summed E-state index contributed by atoms with van der Waals surface area (Å²) in [5.41, 5.74) is 4.12. The molecule has 1 atom stereocenters. The lowest BCUT2D eigenvalue weighted by molar-refractivity contribution is -0.137. The predicted octanol–water partition coefficient (Wildman–Crippen LogP) is 9.93. The second-order valence-electron chi connectivity index (χ2n) is 14.8. The van der Waals surface area contributed by atoms with Gasteiger partial charge in [-0.2, -0.15) is 21.6 Å². The first-order valence-electron chi connectivity index (χ1n) is 17.6. The quantitative estimate of drug-likeness (QED) is 0.132. The summed E-state index contributed by atoms with van der Waals surface area (Å²) in [4.78, 5) is 26.5. The van der Waals surface area contributed by atoms with Crippen LogP contribution in [0.2, 0.25) is 5.02 Å². The Labute approximate surface area is 314 Å². The van der Waals surface area contributed by atoms with Gasteiger partial charge in [0.25, 0.3) is 16.0 Å². The van der Waals surface area contributed by atoms with Crippen molar-refractivity contribution < 1.29 is 35.7 Å². The molecule has 7 nitrogen and oxygen atoms in total. The third kappa shape index (κ3) is 10.9. The molecule has 282 valence electrons. The van der Waals surface area contributed by atoms with Gasteiger partial charge in [0.15, 0.2) is 0 Å². The number of anilines is 1. The maximum absolute atomic E-state index is 14.0. The summed E-state index contributed by atoms with van der Waals surface area (Å²) < 4.78 is 70.3. The Morgan fingerprint density at radius 1 is 0.868 bits per heavy atom.